The first-order valence-corrected chi connectivity index (χ1v) is 13.5. The van der Waals surface area contributed by atoms with Gasteiger partial charge in [-0.25, -0.2) is 8.42 Å². The molecule has 0 aliphatic heterocycles. The van der Waals surface area contributed by atoms with E-state index in [-0.39, 0.29) is 10.8 Å². The number of anilines is 2. The number of hydrogen-bond acceptors (Lipinski definition) is 4. The molecule has 1 unspecified atom stereocenters. The van der Waals surface area contributed by atoms with Crippen LogP contribution in [0.1, 0.15) is 21.9 Å². The van der Waals surface area contributed by atoms with Crippen molar-refractivity contribution in [3.05, 3.63) is 120 Å². The predicted molar refractivity (Wildman–Crippen MR) is 143 cm³/mol. The van der Waals surface area contributed by atoms with Crippen molar-refractivity contribution in [1.82, 2.24) is 0 Å². The minimum Gasteiger partial charge on any atom is -0.325 e. The number of aryl methyl sites for hydroxylation is 2. The number of sulfonamides is 1. The molecule has 0 saturated heterocycles. The van der Waals surface area contributed by atoms with Crippen molar-refractivity contribution in [2.75, 3.05) is 10.0 Å². The van der Waals surface area contributed by atoms with Crippen molar-refractivity contribution in [3.8, 4) is 0 Å². The molecule has 0 aromatic heterocycles. The number of rotatable bonds is 8. The van der Waals surface area contributed by atoms with Crippen LogP contribution in [0.3, 0.4) is 0 Å². The van der Waals surface area contributed by atoms with E-state index in [0.29, 0.717) is 5.69 Å². The highest BCUT2D eigenvalue weighted by Gasteiger charge is 2.22. The fourth-order valence-corrected chi connectivity index (χ4v) is 5.58. The zero-order valence-electron chi connectivity index (χ0n) is 19.4. The molecular formula is C28H26N2O3S2. The molecule has 0 radical (unpaired) electrons. The number of amides is 1. The second-order valence-electron chi connectivity index (χ2n) is 8.14. The minimum absolute atomic E-state index is 0.127. The van der Waals surface area contributed by atoms with E-state index in [1.54, 1.807) is 42.5 Å². The van der Waals surface area contributed by atoms with Crippen LogP contribution in [0.4, 0.5) is 11.4 Å². The summed E-state index contributed by atoms with van der Waals surface area (Å²) < 4.78 is 27.8. The predicted octanol–water partition coefficient (Wildman–Crippen LogP) is 6.58. The third-order valence-corrected chi connectivity index (χ3v) is 8.19. The van der Waals surface area contributed by atoms with Gasteiger partial charge in [0.25, 0.3) is 10.0 Å². The summed E-state index contributed by atoms with van der Waals surface area (Å²) in [6.45, 7) is 4.05. The Morgan fingerprint density at radius 3 is 1.97 bits per heavy atom. The smallest absolute Gasteiger partial charge is 0.261 e. The quantitative estimate of drug-likeness (QED) is 0.267. The van der Waals surface area contributed by atoms with E-state index in [4.69, 9.17) is 0 Å². The van der Waals surface area contributed by atoms with Gasteiger partial charge < -0.3 is 5.32 Å². The van der Waals surface area contributed by atoms with Crippen LogP contribution in [0.15, 0.2) is 113 Å². The van der Waals surface area contributed by atoms with Crippen LogP contribution in [0, 0.1) is 13.8 Å². The number of nitrogens with one attached hydrogen (secondary N) is 2. The molecule has 178 valence electrons. The van der Waals surface area contributed by atoms with Crippen LogP contribution >= 0.6 is 11.8 Å². The van der Waals surface area contributed by atoms with Gasteiger partial charge in [0.15, 0.2) is 0 Å². The molecule has 1 amide bonds. The van der Waals surface area contributed by atoms with Crippen molar-refractivity contribution >= 4 is 39.1 Å². The molecule has 4 rings (SSSR count). The van der Waals surface area contributed by atoms with Gasteiger partial charge in [-0.05, 0) is 79.1 Å². The molecule has 0 aliphatic carbocycles. The number of benzene rings is 4. The maximum atomic E-state index is 13.3. The molecule has 0 aliphatic rings. The largest absolute Gasteiger partial charge is 0.325 e. The molecule has 5 nitrogen and oxygen atoms in total. The van der Waals surface area contributed by atoms with E-state index >= 15 is 0 Å². The number of carbonyl (C=O) groups is 1. The Morgan fingerprint density at radius 1 is 0.743 bits per heavy atom. The highest BCUT2D eigenvalue weighted by atomic mass is 32.2. The Kier molecular flexibility index (Phi) is 7.58. The van der Waals surface area contributed by atoms with Gasteiger partial charge in [-0.3, -0.25) is 9.52 Å². The van der Waals surface area contributed by atoms with Gasteiger partial charge in [-0.1, -0.05) is 54.6 Å². The standard InChI is InChI=1S/C28H26N2O3S2/c1-20-13-14-24(19-21(20)2)29-28(31)27(22-9-5-3-6-10-22)34-25-17-15-23(16-18-25)30-35(32,33)26-11-7-4-8-12-26/h3-19,27,30H,1-2H3,(H,29,31). The Hall–Kier alpha value is -3.55. The maximum absolute atomic E-state index is 13.3. The molecule has 4 aromatic carbocycles. The molecule has 0 heterocycles. The van der Waals surface area contributed by atoms with Crippen LogP contribution in [0.25, 0.3) is 0 Å². The topological polar surface area (TPSA) is 75.3 Å². The summed E-state index contributed by atoms with van der Waals surface area (Å²) >= 11 is 1.41. The summed E-state index contributed by atoms with van der Waals surface area (Å²) in [7, 11) is -3.67. The van der Waals surface area contributed by atoms with E-state index in [2.05, 4.69) is 10.0 Å². The zero-order valence-corrected chi connectivity index (χ0v) is 21.1. The Bertz CT molecular complexity index is 1410. The lowest BCUT2D eigenvalue weighted by Crippen LogP contribution is -2.19. The second kappa shape index (κ2) is 10.8. The van der Waals surface area contributed by atoms with Crippen LogP contribution in [-0.2, 0) is 14.8 Å². The lowest BCUT2D eigenvalue weighted by molar-refractivity contribution is -0.115. The molecule has 0 fully saturated rings. The van der Waals surface area contributed by atoms with E-state index < -0.39 is 15.3 Å². The fourth-order valence-electron chi connectivity index (χ4n) is 3.48. The highest BCUT2D eigenvalue weighted by Crippen LogP contribution is 2.37. The van der Waals surface area contributed by atoms with Crippen molar-refractivity contribution in [3.63, 3.8) is 0 Å². The van der Waals surface area contributed by atoms with Crippen molar-refractivity contribution in [1.29, 1.82) is 0 Å². The van der Waals surface area contributed by atoms with E-state index in [9.17, 15) is 13.2 Å². The highest BCUT2D eigenvalue weighted by molar-refractivity contribution is 8.00. The van der Waals surface area contributed by atoms with Crippen molar-refractivity contribution in [2.45, 2.75) is 28.9 Å². The average molecular weight is 503 g/mol. The molecule has 35 heavy (non-hydrogen) atoms. The van der Waals surface area contributed by atoms with E-state index in [1.165, 1.54) is 17.3 Å². The summed E-state index contributed by atoms with van der Waals surface area (Å²) in [5.74, 6) is -0.127. The van der Waals surface area contributed by atoms with Crippen LogP contribution in [-0.4, -0.2) is 14.3 Å². The summed E-state index contributed by atoms with van der Waals surface area (Å²) in [5.41, 5.74) is 4.37. The van der Waals surface area contributed by atoms with Crippen molar-refractivity contribution in [2.24, 2.45) is 0 Å². The SMILES string of the molecule is Cc1ccc(NC(=O)C(Sc2ccc(NS(=O)(=O)c3ccccc3)cc2)c2ccccc2)cc1C. The first-order valence-electron chi connectivity index (χ1n) is 11.1. The van der Waals surface area contributed by atoms with Gasteiger partial charge in [0.1, 0.15) is 5.25 Å². The third-order valence-electron chi connectivity index (χ3n) is 5.53. The van der Waals surface area contributed by atoms with Crippen LogP contribution in [0.5, 0.6) is 0 Å². The maximum Gasteiger partial charge on any atom is 0.261 e. The molecular weight excluding hydrogens is 476 g/mol. The lowest BCUT2D eigenvalue weighted by Gasteiger charge is -2.18. The molecule has 0 spiro atoms. The third kappa shape index (κ3) is 6.32. The van der Waals surface area contributed by atoms with Gasteiger partial charge in [0, 0.05) is 16.3 Å². The first-order chi connectivity index (χ1) is 16.8. The first kappa shape index (κ1) is 24.6. The van der Waals surface area contributed by atoms with Crippen LogP contribution in [0.2, 0.25) is 0 Å². The van der Waals surface area contributed by atoms with E-state index in [0.717, 1.165) is 21.7 Å². The Labute approximate surface area is 210 Å². The fraction of sp³-hybridized carbons (Fsp3) is 0.107. The molecule has 0 saturated carbocycles. The van der Waals surface area contributed by atoms with Crippen LogP contribution < -0.4 is 10.0 Å². The zero-order chi connectivity index (χ0) is 24.8. The van der Waals surface area contributed by atoms with Gasteiger partial charge in [0.2, 0.25) is 5.91 Å². The summed E-state index contributed by atoms with van der Waals surface area (Å²) in [4.78, 5) is 14.3. The number of carbonyl (C=O) groups excluding carboxylic acids is 1. The average Bonchev–Trinajstić information content (AvgIpc) is 2.86. The summed E-state index contributed by atoms with van der Waals surface area (Å²) in [6.07, 6.45) is 0. The lowest BCUT2D eigenvalue weighted by atomic mass is 10.1. The van der Waals surface area contributed by atoms with Gasteiger partial charge in [-0.15, -0.1) is 11.8 Å². The molecule has 2 N–H and O–H groups in total. The Balaban J connectivity index is 1.52. The normalized spacial score (nSPS) is 12.1. The number of hydrogen-bond donors (Lipinski definition) is 2. The minimum atomic E-state index is -3.67. The molecule has 1 atom stereocenters. The molecule has 7 heteroatoms. The number of thioether (sulfide) groups is 1. The Morgan fingerprint density at radius 2 is 1.34 bits per heavy atom. The molecule has 4 aromatic rings. The van der Waals surface area contributed by atoms with Gasteiger partial charge in [0.05, 0.1) is 4.90 Å². The van der Waals surface area contributed by atoms with E-state index in [1.807, 2.05) is 74.5 Å². The van der Waals surface area contributed by atoms with Gasteiger partial charge >= 0.3 is 0 Å². The summed E-state index contributed by atoms with van der Waals surface area (Å²) in [6, 6.07) is 30.7. The molecule has 0 bridgehead atoms. The summed E-state index contributed by atoms with van der Waals surface area (Å²) in [5, 5.41) is 2.56. The van der Waals surface area contributed by atoms with Crippen molar-refractivity contribution < 1.29 is 13.2 Å². The second-order valence-corrected chi connectivity index (χ2v) is 11.0. The van der Waals surface area contributed by atoms with Gasteiger partial charge in [-0.2, -0.15) is 0 Å². The monoisotopic (exact) mass is 502 g/mol.